The first-order valence-corrected chi connectivity index (χ1v) is 3.96. The molecule has 1 N–H and O–H groups in total. The van der Waals surface area contributed by atoms with Crippen molar-refractivity contribution in [3.8, 4) is 0 Å². The van der Waals surface area contributed by atoms with E-state index in [4.69, 9.17) is 0 Å². The minimum atomic E-state index is 0.878. The highest BCUT2D eigenvalue weighted by Gasteiger charge is 2.09. The number of nitrogens with one attached hydrogen (secondary N) is 1. The van der Waals surface area contributed by atoms with Gasteiger partial charge in [-0.2, -0.15) is 0 Å². The van der Waals surface area contributed by atoms with E-state index < -0.39 is 0 Å². The Balaban J connectivity index is 0.000000281. The van der Waals surface area contributed by atoms with Crippen LogP contribution in [-0.2, 0) is 13.1 Å². The van der Waals surface area contributed by atoms with Crippen molar-refractivity contribution in [2.45, 2.75) is 26.9 Å². The number of nitrogens with zero attached hydrogens (tertiary/aromatic N) is 2. The lowest BCUT2D eigenvalue weighted by molar-refractivity contribution is 0.753. The molecule has 0 spiro atoms. The molecule has 1 aromatic heterocycles. The largest absolute Gasteiger partial charge is 0.305 e. The molecular weight excluding hydrogens is 138 g/mol. The Morgan fingerprint density at radius 2 is 1.55 bits per heavy atom. The molecule has 3 nitrogen and oxygen atoms in total. The van der Waals surface area contributed by atoms with Crippen LogP contribution in [-0.4, -0.2) is 9.97 Å². The summed E-state index contributed by atoms with van der Waals surface area (Å²) in [4.78, 5) is 8.27. The monoisotopic (exact) mass is 151 g/mol. The van der Waals surface area contributed by atoms with E-state index in [-0.39, 0.29) is 0 Å². The van der Waals surface area contributed by atoms with E-state index in [1.807, 2.05) is 13.8 Å². The number of hydrogen-bond acceptors (Lipinski definition) is 3. The highest BCUT2D eigenvalue weighted by Crippen LogP contribution is 2.06. The zero-order valence-corrected chi connectivity index (χ0v) is 6.96. The maximum Gasteiger partial charge on any atom is 0.0770 e. The second-order valence-electron chi connectivity index (χ2n) is 2.05. The summed E-state index contributed by atoms with van der Waals surface area (Å²) < 4.78 is 0. The molecule has 11 heavy (non-hydrogen) atoms. The van der Waals surface area contributed by atoms with E-state index >= 15 is 0 Å². The summed E-state index contributed by atoms with van der Waals surface area (Å²) in [7, 11) is 0. The number of hydrogen-bond donors (Lipinski definition) is 1. The Hall–Kier alpha value is -0.960. The van der Waals surface area contributed by atoms with Crippen LogP contribution in [0.15, 0.2) is 12.4 Å². The molecule has 0 unspecified atom stereocenters. The lowest BCUT2D eigenvalue weighted by Gasteiger charge is -1.89. The van der Waals surface area contributed by atoms with Gasteiger partial charge in [0.25, 0.3) is 0 Å². The topological polar surface area (TPSA) is 37.8 Å². The van der Waals surface area contributed by atoms with Gasteiger partial charge in [0.1, 0.15) is 0 Å². The second-order valence-corrected chi connectivity index (χ2v) is 2.05. The molecule has 0 saturated heterocycles. The number of rotatable bonds is 0. The van der Waals surface area contributed by atoms with Crippen molar-refractivity contribution in [2.24, 2.45) is 0 Å². The van der Waals surface area contributed by atoms with Gasteiger partial charge in [0, 0.05) is 25.5 Å². The van der Waals surface area contributed by atoms with Crippen molar-refractivity contribution in [1.82, 2.24) is 15.3 Å². The number of aromatic nitrogens is 2. The third-order valence-electron chi connectivity index (χ3n) is 1.45. The van der Waals surface area contributed by atoms with Crippen LogP contribution in [0.4, 0.5) is 0 Å². The molecule has 0 saturated carbocycles. The number of fused-ring (bicyclic) bond motifs is 1. The molecule has 0 atom stereocenters. The van der Waals surface area contributed by atoms with Gasteiger partial charge in [0.15, 0.2) is 0 Å². The predicted molar refractivity (Wildman–Crippen MR) is 43.9 cm³/mol. The summed E-state index contributed by atoms with van der Waals surface area (Å²) in [6.07, 6.45) is 3.46. The van der Waals surface area contributed by atoms with Crippen molar-refractivity contribution in [2.75, 3.05) is 0 Å². The quantitative estimate of drug-likeness (QED) is 0.603. The van der Waals surface area contributed by atoms with Crippen LogP contribution in [0, 0.1) is 0 Å². The van der Waals surface area contributed by atoms with E-state index in [9.17, 15) is 0 Å². The average Bonchev–Trinajstić information content (AvgIpc) is 2.55. The van der Waals surface area contributed by atoms with Crippen LogP contribution in [0.25, 0.3) is 0 Å². The summed E-state index contributed by atoms with van der Waals surface area (Å²) in [5.41, 5.74) is 2.19. The van der Waals surface area contributed by atoms with Gasteiger partial charge < -0.3 is 5.32 Å². The van der Waals surface area contributed by atoms with Gasteiger partial charge in [0.05, 0.1) is 11.4 Å². The minimum Gasteiger partial charge on any atom is -0.305 e. The fourth-order valence-electron chi connectivity index (χ4n) is 0.990. The van der Waals surface area contributed by atoms with Crippen molar-refractivity contribution in [3.05, 3.63) is 23.8 Å². The highest BCUT2D eigenvalue weighted by molar-refractivity contribution is 5.14. The first kappa shape index (κ1) is 8.14. The fraction of sp³-hybridized carbons (Fsp3) is 0.500. The van der Waals surface area contributed by atoms with Crippen molar-refractivity contribution >= 4 is 0 Å². The SMILES string of the molecule is CC.c1cnc2c(n1)CNC2. The fourth-order valence-corrected chi connectivity index (χ4v) is 0.990. The Bertz CT molecular complexity index is 199. The van der Waals surface area contributed by atoms with E-state index in [1.165, 1.54) is 0 Å². The van der Waals surface area contributed by atoms with Gasteiger partial charge in [0.2, 0.25) is 0 Å². The van der Waals surface area contributed by atoms with Crippen molar-refractivity contribution < 1.29 is 0 Å². The molecule has 1 aliphatic rings. The van der Waals surface area contributed by atoms with Crippen LogP contribution in [0.2, 0.25) is 0 Å². The third-order valence-corrected chi connectivity index (χ3v) is 1.45. The van der Waals surface area contributed by atoms with Gasteiger partial charge in [-0.3, -0.25) is 9.97 Å². The minimum absolute atomic E-state index is 0.878. The Labute approximate surface area is 66.9 Å². The second kappa shape index (κ2) is 4.03. The molecule has 0 radical (unpaired) electrons. The standard InChI is InChI=1S/C6H7N3.C2H6/c1-2-9-6-4-7-3-5(6)8-1;1-2/h1-2,7H,3-4H2;1-2H3. The zero-order chi connectivity index (χ0) is 8.10. The van der Waals surface area contributed by atoms with Gasteiger partial charge in [-0.25, -0.2) is 0 Å². The van der Waals surface area contributed by atoms with Crippen LogP contribution in [0.3, 0.4) is 0 Å². The first-order valence-electron chi connectivity index (χ1n) is 3.96. The molecule has 0 amide bonds. The molecule has 0 fully saturated rings. The van der Waals surface area contributed by atoms with Gasteiger partial charge in [-0.05, 0) is 0 Å². The van der Waals surface area contributed by atoms with Crippen LogP contribution in [0.1, 0.15) is 25.2 Å². The van der Waals surface area contributed by atoms with Gasteiger partial charge in [-0.15, -0.1) is 0 Å². The van der Waals surface area contributed by atoms with Crippen molar-refractivity contribution in [1.29, 1.82) is 0 Å². The summed E-state index contributed by atoms with van der Waals surface area (Å²) in [6, 6.07) is 0. The molecule has 0 bridgehead atoms. The molecule has 0 aromatic carbocycles. The molecule has 3 heteroatoms. The maximum absolute atomic E-state index is 4.13. The maximum atomic E-state index is 4.13. The summed E-state index contributed by atoms with van der Waals surface area (Å²) >= 11 is 0. The van der Waals surface area contributed by atoms with Crippen LogP contribution >= 0.6 is 0 Å². The summed E-state index contributed by atoms with van der Waals surface area (Å²) in [5.74, 6) is 0. The summed E-state index contributed by atoms with van der Waals surface area (Å²) in [6.45, 7) is 5.76. The first-order chi connectivity index (χ1) is 5.47. The smallest absolute Gasteiger partial charge is 0.0770 e. The lowest BCUT2D eigenvalue weighted by atomic mass is 10.4. The average molecular weight is 151 g/mol. The molecule has 2 heterocycles. The molecular formula is C8H13N3. The molecule has 0 aliphatic carbocycles. The Morgan fingerprint density at radius 1 is 1.09 bits per heavy atom. The highest BCUT2D eigenvalue weighted by atomic mass is 15.0. The molecule has 2 rings (SSSR count). The van der Waals surface area contributed by atoms with E-state index in [0.717, 1.165) is 24.5 Å². The zero-order valence-electron chi connectivity index (χ0n) is 6.96. The molecule has 60 valence electrons. The normalized spacial score (nSPS) is 13.3. The van der Waals surface area contributed by atoms with E-state index in [2.05, 4.69) is 15.3 Å². The van der Waals surface area contributed by atoms with E-state index in [0.29, 0.717) is 0 Å². The van der Waals surface area contributed by atoms with E-state index in [1.54, 1.807) is 12.4 Å². The Kier molecular flexibility index (Phi) is 2.98. The molecule has 1 aliphatic heterocycles. The van der Waals surface area contributed by atoms with Gasteiger partial charge in [-0.1, -0.05) is 13.8 Å². The van der Waals surface area contributed by atoms with Crippen LogP contribution in [0.5, 0.6) is 0 Å². The third kappa shape index (κ3) is 1.74. The predicted octanol–water partition coefficient (Wildman–Crippen LogP) is 1.11. The summed E-state index contributed by atoms with van der Waals surface area (Å²) in [5, 5.41) is 3.16. The van der Waals surface area contributed by atoms with Gasteiger partial charge >= 0.3 is 0 Å². The van der Waals surface area contributed by atoms with Crippen molar-refractivity contribution in [3.63, 3.8) is 0 Å². The van der Waals surface area contributed by atoms with Crippen LogP contribution < -0.4 is 5.32 Å². The Morgan fingerprint density at radius 3 is 2.00 bits per heavy atom. The lowest BCUT2D eigenvalue weighted by Crippen LogP contribution is -2.00. The molecule has 1 aromatic rings.